The summed E-state index contributed by atoms with van der Waals surface area (Å²) < 4.78 is 5.68. The maximum atomic E-state index is 10.3. The minimum Gasteiger partial charge on any atom is -0.508 e. The molecule has 0 amide bonds. The van der Waals surface area contributed by atoms with Crippen molar-refractivity contribution >= 4 is 5.69 Å². The highest BCUT2D eigenvalue weighted by atomic mass is 16.5. The smallest absolute Gasteiger partial charge is 0.122 e. The molecule has 2 rings (SSSR count). The summed E-state index contributed by atoms with van der Waals surface area (Å²) in [6, 6.07) is 6.22. The molecular weight excluding hydrogens is 264 g/mol. The van der Waals surface area contributed by atoms with Gasteiger partial charge in [-0.15, -0.1) is 0 Å². The number of hydrogen-bond acceptors (Lipinski definition) is 4. The van der Waals surface area contributed by atoms with E-state index in [9.17, 15) is 5.11 Å². The number of nitrogens with one attached hydrogen (secondary N) is 1. The molecule has 1 fully saturated rings. The van der Waals surface area contributed by atoms with E-state index in [1.807, 2.05) is 12.1 Å². The molecule has 1 aliphatic rings. The Morgan fingerprint density at radius 1 is 1.33 bits per heavy atom. The van der Waals surface area contributed by atoms with Gasteiger partial charge >= 0.3 is 0 Å². The number of piperidine rings is 1. The number of anilines is 1. The highest BCUT2D eigenvalue weighted by Crippen LogP contribution is 2.30. The second-order valence-electron chi connectivity index (χ2n) is 5.66. The van der Waals surface area contributed by atoms with E-state index < -0.39 is 0 Å². The lowest BCUT2D eigenvalue weighted by atomic mass is 10.0. The maximum absolute atomic E-state index is 10.3. The summed E-state index contributed by atoms with van der Waals surface area (Å²) in [5.74, 6) is 0.382. The number of rotatable bonds is 6. The lowest BCUT2D eigenvalue weighted by Crippen LogP contribution is -2.37. The average Bonchev–Trinajstić information content (AvgIpc) is 2.48. The summed E-state index contributed by atoms with van der Waals surface area (Å²) >= 11 is 0. The molecule has 0 spiro atoms. The van der Waals surface area contributed by atoms with Crippen molar-refractivity contribution < 1.29 is 9.84 Å². The summed E-state index contributed by atoms with van der Waals surface area (Å²) in [5.41, 5.74) is 2.07. The number of hydrogen-bond donors (Lipinski definition) is 2. The molecule has 0 bridgehead atoms. The van der Waals surface area contributed by atoms with Crippen molar-refractivity contribution in [3.05, 3.63) is 23.8 Å². The first-order chi connectivity index (χ1) is 10.2. The van der Waals surface area contributed by atoms with Crippen LogP contribution in [0.5, 0.6) is 5.75 Å². The zero-order valence-electron chi connectivity index (χ0n) is 13.4. The van der Waals surface area contributed by atoms with Crippen LogP contribution in [0, 0.1) is 0 Å². The predicted octanol–water partition coefficient (Wildman–Crippen LogP) is 3.07. The zero-order valence-corrected chi connectivity index (χ0v) is 13.4. The Balaban J connectivity index is 2.00. The van der Waals surface area contributed by atoms with Crippen molar-refractivity contribution in [1.29, 1.82) is 0 Å². The third kappa shape index (κ3) is 4.11. The van der Waals surface area contributed by atoms with E-state index in [-0.39, 0.29) is 6.04 Å². The Kier molecular flexibility index (Phi) is 5.88. The van der Waals surface area contributed by atoms with Crippen molar-refractivity contribution in [2.75, 3.05) is 31.1 Å². The third-order valence-electron chi connectivity index (χ3n) is 4.20. The summed E-state index contributed by atoms with van der Waals surface area (Å²) in [4.78, 5) is 2.33. The first-order valence-corrected chi connectivity index (χ1v) is 8.08. The Bertz CT molecular complexity index is 442. The van der Waals surface area contributed by atoms with Gasteiger partial charge in [-0.1, -0.05) is 13.0 Å². The quantitative estimate of drug-likeness (QED) is 0.846. The van der Waals surface area contributed by atoms with Gasteiger partial charge in [0, 0.05) is 43.1 Å². The predicted molar refractivity (Wildman–Crippen MR) is 87.1 cm³/mol. The SMILES string of the molecule is CCNC(C)c1ccc(N2CCC(OCC)CC2)cc1O. The molecule has 0 aromatic heterocycles. The van der Waals surface area contributed by atoms with E-state index in [1.165, 1.54) is 0 Å². The van der Waals surface area contributed by atoms with E-state index in [4.69, 9.17) is 4.74 Å². The van der Waals surface area contributed by atoms with Gasteiger partial charge in [-0.3, -0.25) is 0 Å². The van der Waals surface area contributed by atoms with Gasteiger partial charge in [0.25, 0.3) is 0 Å². The molecule has 1 heterocycles. The molecule has 1 atom stereocenters. The molecule has 1 unspecified atom stereocenters. The second kappa shape index (κ2) is 7.66. The highest BCUT2D eigenvalue weighted by Gasteiger charge is 2.20. The first kappa shape index (κ1) is 16.1. The van der Waals surface area contributed by atoms with Crippen LogP contribution in [0.2, 0.25) is 0 Å². The molecular formula is C17H28N2O2. The van der Waals surface area contributed by atoms with Gasteiger partial charge in [0.1, 0.15) is 5.75 Å². The summed E-state index contributed by atoms with van der Waals surface area (Å²) in [5, 5.41) is 13.6. The Morgan fingerprint density at radius 2 is 2.05 bits per heavy atom. The number of phenolic OH excluding ortho intramolecular Hbond substituents is 1. The third-order valence-corrected chi connectivity index (χ3v) is 4.20. The number of benzene rings is 1. The minimum atomic E-state index is 0.174. The van der Waals surface area contributed by atoms with Gasteiger partial charge in [-0.2, -0.15) is 0 Å². The molecule has 1 aromatic rings. The van der Waals surface area contributed by atoms with Crippen LogP contribution in [0.25, 0.3) is 0 Å². The normalized spacial score (nSPS) is 18.0. The molecule has 1 aliphatic heterocycles. The number of nitrogens with zero attached hydrogens (tertiary/aromatic N) is 1. The molecule has 4 nitrogen and oxygen atoms in total. The van der Waals surface area contributed by atoms with Crippen molar-refractivity contribution in [2.24, 2.45) is 0 Å². The molecule has 0 aliphatic carbocycles. The molecule has 21 heavy (non-hydrogen) atoms. The van der Waals surface area contributed by atoms with Crippen molar-refractivity contribution in [2.45, 2.75) is 45.8 Å². The summed E-state index contributed by atoms with van der Waals surface area (Å²) in [6.45, 7) is 9.87. The molecule has 0 saturated carbocycles. The van der Waals surface area contributed by atoms with Crippen LogP contribution < -0.4 is 10.2 Å². The zero-order chi connectivity index (χ0) is 15.2. The average molecular weight is 292 g/mol. The van der Waals surface area contributed by atoms with Crippen LogP contribution in [0.3, 0.4) is 0 Å². The van der Waals surface area contributed by atoms with Crippen LogP contribution in [0.4, 0.5) is 5.69 Å². The fourth-order valence-electron chi connectivity index (χ4n) is 3.03. The first-order valence-electron chi connectivity index (χ1n) is 8.08. The lowest BCUT2D eigenvalue weighted by Gasteiger charge is -2.33. The molecule has 1 saturated heterocycles. The maximum Gasteiger partial charge on any atom is 0.122 e. The van der Waals surface area contributed by atoms with Crippen LogP contribution in [0.15, 0.2) is 18.2 Å². The molecule has 1 aromatic carbocycles. The molecule has 4 heteroatoms. The summed E-state index contributed by atoms with van der Waals surface area (Å²) in [7, 11) is 0. The topological polar surface area (TPSA) is 44.7 Å². The van der Waals surface area contributed by atoms with E-state index in [0.717, 1.165) is 50.3 Å². The number of aromatic hydroxyl groups is 1. The summed E-state index contributed by atoms with van der Waals surface area (Å²) in [6.07, 6.45) is 2.52. The number of phenols is 1. The van der Waals surface area contributed by atoms with Crippen LogP contribution in [-0.4, -0.2) is 37.5 Å². The van der Waals surface area contributed by atoms with Crippen molar-refractivity contribution in [1.82, 2.24) is 5.32 Å². The minimum absolute atomic E-state index is 0.174. The van der Waals surface area contributed by atoms with E-state index in [0.29, 0.717) is 11.9 Å². The highest BCUT2D eigenvalue weighted by molar-refractivity contribution is 5.54. The van der Waals surface area contributed by atoms with Crippen molar-refractivity contribution in [3.8, 4) is 5.75 Å². The fourth-order valence-corrected chi connectivity index (χ4v) is 3.03. The van der Waals surface area contributed by atoms with Gasteiger partial charge in [0.2, 0.25) is 0 Å². The van der Waals surface area contributed by atoms with E-state index >= 15 is 0 Å². The standard InChI is InChI=1S/C17H28N2O2/c1-4-18-13(3)16-7-6-14(12-17(16)20)19-10-8-15(9-11-19)21-5-2/h6-7,12-13,15,18,20H,4-5,8-11H2,1-3H3. The molecule has 118 valence electrons. The van der Waals surface area contributed by atoms with Gasteiger partial charge in [-0.05, 0) is 39.3 Å². The van der Waals surface area contributed by atoms with Crippen molar-refractivity contribution in [3.63, 3.8) is 0 Å². The lowest BCUT2D eigenvalue weighted by molar-refractivity contribution is 0.0459. The Morgan fingerprint density at radius 3 is 2.62 bits per heavy atom. The van der Waals surface area contributed by atoms with Gasteiger partial charge in [-0.25, -0.2) is 0 Å². The van der Waals surface area contributed by atoms with Gasteiger partial charge in [0.15, 0.2) is 0 Å². The number of ether oxygens (including phenoxy) is 1. The van der Waals surface area contributed by atoms with E-state index in [2.05, 4.69) is 37.1 Å². The van der Waals surface area contributed by atoms with E-state index in [1.54, 1.807) is 0 Å². The monoisotopic (exact) mass is 292 g/mol. The van der Waals surface area contributed by atoms with Gasteiger partial charge in [0.05, 0.1) is 6.10 Å². The largest absolute Gasteiger partial charge is 0.508 e. The van der Waals surface area contributed by atoms with Crippen LogP contribution >= 0.6 is 0 Å². The Hall–Kier alpha value is -1.26. The molecule has 2 N–H and O–H groups in total. The second-order valence-corrected chi connectivity index (χ2v) is 5.66. The van der Waals surface area contributed by atoms with Gasteiger partial charge < -0.3 is 20.1 Å². The fraction of sp³-hybridized carbons (Fsp3) is 0.647. The van der Waals surface area contributed by atoms with Crippen LogP contribution in [0.1, 0.15) is 45.2 Å². The van der Waals surface area contributed by atoms with Crippen LogP contribution in [-0.2, 0) is 4.74 Å². The molecule has 0 radical (unpaired) electrons. The Labute approximate surface area is 128 Å².